The Bertz CT molecular complexity index is 612. The largest absolute Gasteiger partial charge is 0.484 e. The van der Waals surface area contributed by atoms with Gasteiger partial charge in [0.2, 0.25) is 0 Å². The molecule has 2 aromatic rings. The number of hydrogen-bond acceptors (Lipinski definition) is 4. The van der Waals surface area contributed by atoms with Crippen molar-refractivity contribution >= 4 is 17.2 Å². The molecule has 0 spiro atoms. The molecule has 0 fully saturated rings. The van der Waals surface area contributed by atoms with Crippen LogP contribution in [-0.2, 0) is 4.79 Å². The highest BCUT2D eigenvalue weighted by Crippen LogP contribution is 2.25. The first-order valence-corrected chi connectivity index (χ1v) is 7.68. The standard InChI is InChI=1S/C16H20N2O2S/c1-11-10-21-15(17-11)12-5-7-13(8-6-12)20-9-14(19)18-16(2,3)4/h5-8,10H,9H2,1-4H3,(H,18,19). The summed E-state index contributed by atoms with van der Waals surface area (Å²) in [5.74, 6) is 0.554. The van der Waals surface area contributed by atoms with Gasteiger partial charge >= 0.3 is 0 Å². The first-order valence-electron chi connectivity index (χ1n) is 6.80. The molecule has 0 aliphatic heterocycles. The molecule has 1 aromatic heterocycles. The van der Waals surface area contributed by atoms with Crippen LogP contribution in [0.4, 0.5) is 0 Å². The van der Waals surface area contributed by atoms with Gasteiger partial charge in [0.05, 0.1) is 0 Å². The summed E-state index contributed by atoms with van der Waals surface area (Å²) in [6.07, 6.45) is 0. The van der Waals surface area contributed by atoms with Crippen molar-refractivity contribution in [3.8, 4) is 16.3 Å². The molecule has 0 aliphatic rings. The number of rotatable bonds is 4. The number of benzene rings is 1. The fraction of sp³-hybridized carbons (Fsp3) is 0.375. The second-order valence-corrected chi connectivity index (χ2v) is 6.76. The van der Waals surface area contributed by atoms with Crippen molar-refractivity contribution in [2.24, 2.45) is 0 Å². The Balaban J connectivity index is 1.92. The van der Waals surface area contributed by atoms with Gasteiger partial charge in [0, 0.05) is 22.2 Å². The number of amides is 1. The molecule has 0 bridgehead atoms. The average molecular weight is 304 g/mol. The zero-order chi connectivity index (χ0) is 15.5. The van der Waals surface area contributed by atoms with Gasteiger partial charge in [-0.25, -0.2) is 4.98 Å². The monoisotopic (exact) mass is 304 g/mol. The maximum atomic E-state index is 11.7. The summed E-state index contributed by atoms with van der Waals surface area (Å²) in [6.45, 7) is 7.82. The smallest absolute Gasteiger partial charge is 0.258 e. The summed E-state index contributed by atoms with van der Waals surface area (Å²) >= 11 is 1.62. The van der Waals surface area contributed by atoms with E-state index in [0.717, 1.165) is 16.3 Å². The Morgan fingerprint density at radius 2 is 1.95 bits per heavy atom. The minimum Gasteiger partial charge on any atom is -0.484 e. The summed E-state index contributed by atoms with van der Waals surface area (Å²) in [5.41, 5.74) is 1.83. The average Bonchev–Trinajstić information content (AvgIpc) is 2.82. The van der Waals surface area contributed by atoms with E-state index in [-0.39, 0.29) is 18.1 Å². The first kappa shape index (κ1) is 15.5. The second kappa shape index (κ2) is 6.26. The Morgan fingerprint density at radius 3 is 2.48 bits per heavy atom. The van der Waals surface area contributed by atoms with Crippen LogP contribution in [0.1, 0.15) is 26.5 Å². The predicted molar refractivity (Wildman–Crippen MR) is 85.7 cm³/mol. The molecular formula is C16H20N2O2S. The molecule has 0 radical (unpaired) electrons. The number of nitrogens with one attached hydrogen (secondary N) is 1. The van der Waals surface area contributed by atoms with Crippen molar-refractivity contribution in [1.29, 1.82) is 0 Å². The van der Waals surface area contributed by atoms with Crippen LogP contribution in [0, 0.1) is 6.92 Å². The zero-order valence-electron chi connectivity index (χ0n) is 12.8. The van der Waals surface area contributed by atoms with E-state index in [1.807, 2.05) is 57.3 Å². The van der Waals surface area contributed by atoms with Gasteiger partial charge in [0.1, 0.15) is 10.8 Å². The molecule has 5 heteroatoms. The number of aryl methyl sites for hydroxylation is 1. The topological polar surface area (TPSA) is 51.2 Å². The van der Waals surface area contributed by atoms with Gasteiger partial charge in [-0.05, 0) is 52.0 Å². The van der Waals surface area contributed by atoms with Crippen LogP contribution < -0.4 is 10.1 Å². The van der Waals surface area contributed by atoms with Crippen LogP contribution in [0.2, 0.25) is 0 Å². The van der Waals surface area contributed by atoms with Crippen molar-refractivity contribution in [1.82, 2.24) is 10.3 Å². The molecule has 0 unspecified atom stereocenters. The van der Waals surface area contributed by atoms with E-state index in [2.05, 4.69) is 10.3 Å². The summed E-state index contributed by atoms with van der Waals surface area (Å²) in [6, 6.07) is 7.62. The highest BCUT2D eigenvalue weighted by Gasteiger charge is 2.13. The van der Waals surface area contributed by atoms with Gasteiger partial charge in [-0.3, -0.25) is 4.79 Å². The third-order valence-electron chi connectivity index (χ3n) is 2.60. The summed E-state index contributed by atoms with van der Waals surface area (Å²) in [7, 11) is 0. The van der Waals surface area contributed by atoms with E-state index in [9.17, 15) is 4.79 Å². The van der Waals surface area contributed by atoms with Gasteiger partial charge in [-0.1, -0.05) is 0 Å². The number of carbonyl (C=O) groups is 1. The highest BCUT2D eigenvalue weighted by molar-refractivity contribution is 7.13. The summed E-state index contributed by atoms with van der Waals surface area (Å²) in [4.78, 5) is 16.1. The maximum absolute atomic E-state index is 11.7. The van der Waals surface area contributed by atoms with Gasteiger partial charge < -0.3 is 10.1 Å². The van der Waals surface area contributed by atoms with Crippen molar-refractivity contribution < 1.29 is 9.53 Å². The van der Waals surface area contributed by atoms with E-state index in [1.54, 1.807) is 11.3 Å². The molecule has 0 aliphatic carbocycles. The number of aromatic nitrogens is 1. The molecule has 0 saturated heterocycles. The Kier molecular flexibility index (Phi) is 4.63. The lowest BCUT2D eigenvalue weighted by Gasteiger charge is -2.20. The van der Waals surface area contributed by atoms with Crippen molar-refractivity contribution in [2.45, 2.75) is 33.2 Å². The normalized spacial score (nSPS) is 11.2. The van der Waals surface area contributed by atoms with E-state index in [0.29, 0.717) is 5.75 Å². The van der Waals surface area contributed by atoms with Gasteiger partial charge in [0.15, 0.2) is 6.61 Å². The molecule has 4 nitrogen and oxygen atoms in total. The first-order chi connectivity index (χ1) is 9.83. The van der Waals surface area contributed by atoms with Crippen molar-refractivity contribution in [2.75, 3.05) is 6.61 Å². The van der Waals surface area contributed by atoms with E-state index < -0.39 is 0 Å². The van der Waals surface area contributed by atoms with E-state index in [4.69, 9.17) is 4.74 Å². The maximum Gasteiger partial charge on any atom is 0.258 e. The number of nitrogens with zero attached hydrogens (tertiary/aromatic N) is 1. The highest BCUT2D eigenvalue weighted by atomic mass is 32.1. The number of hydrogen-bond donors (Lipinski definition) is 1. The fourth-order valence-electron chi connectivity index (χ4n) is 1.78. The summed E-state index contributed by atoms with van der Waals surface area (Å²) < 4.78 is 5.48. The molecule has 0 saturated carbocycles. The predicted octanol–water partition coefficient (Wildman–Crippen LogP) is 3.41. The summed E-state index contributed by atoms with van der Waals surface area (Å²) in [5, 5.41) is 5.87. The molecule has 0 atom stereocenters. The van der Waals surface area contributed by atoms with Crippen LogP contribution in [0.5, 0.6) is 5.75 Å². The molecule has 1 aromatic carbocycles. The van der Waals surface area contributed by atoms with Gasteiger partial charge in [-0.2, -0.15) is 0 Å². The van der Waals surface area contributed by atoms with Crippen molar-refractivity contribution in [3.63, 3.8) is 0 Å². The lowest BCUT2D eigenvalue weighted by Crippen LogP contribution is -2.43. The molecule has 112 valence electrons. The van der Waals surface area contributed by atoms with Gasteiger partial charge in [0.25, 0.3) is 5.91 Å². The Labute approximate surface area is 129 Å². The second-order valence-electron chi connectivity index (χ2n) is 5.91. The minimum absolute atomic E-state index is 0.0208. The van der Waals surface area contributed by atoms with Crippen LogP contribution in [0.15, 0.2) is 29.6 Å². The van der Waals surface area contributed by atoms with Crippen LogP contribution in [0.25, 0.3) is 10.6 Å². The Hall–Kier alpha value is -1.88. The molecule has 1 N–H and O–H groups in total. The SMILES string of the molecule is Cc1csc(-c2ccc(OCC(=O)NC(C)(C)C)cc2)n1. The quantitative estimate of drug-likeness (QED) is 0.941. The molecule has 1 amide bonds. The number of thiazole rings is 1. The molecule has 1 heterocycles. The van der Waals surface area contributed by atoms with Crippen LogP contribution >= 0.6 is 11.3 Å². The third kappa shape index (κ3) is 4.86. The number of carbonyl (C=O) groups excluding carboxylic acids is 1. The van der Waals surface area contributed by atoms with Crippen LogP contribution in [-0.4, -0.2) is 23.0 Å². The molecular weight excluding hydrogens is 284 g/mol. The third-order valence-corrected chi connectivity index (χ3v) is 3.61. The lowest BCUT2D eigenvalue weighted by molar-refractivity contribution is -0.124. The van der Waals surface area contributed by atoms with Crippen molar-refractivity contribution in [3.05, 3.63) is 35.3 Å². The van der Waals surface area contributed by atoms with Crippen LogP contribution in [0.3, 0.4) is 0 Å². The number of ether oxygens (including phenoxy) is 1. The van der Waals surface area contributed by atoms with Gasteiger partial charge in [-0.15, -0.1) is 11.3 Å². The Morgan fingerprint density at radius 1 is 1.29 bits per heavy atom. The molecule has 2 rings (SSSR count). The van der Waals surface area contributed by atoms with E-state index >= 15 is 0 Å². The lowest BCUT2D eigenvalue weighted by atomic mass is 10.1. The molecule has 21 heavy (non-hydrogen) atoms. The fourth-order valence-corrected chi connectivity index (χ4v) is 2.59. The zero-order valence-corrected chi connectivity index (χ0v) is 13.6. The van der Waals surface area contributed by atoms with E-state index in [1.165, 1.54) is 0 Å². The minimum atomic E-state index is -0.243.